The van der Waals surface area contributed by atoms with Gasteiger partial charge < -0.3 is 15.5 Å². The van der Waals surface area contributed by atoms with Crippen molar-refractivity contribution in [2.45, 2.75) is 6.42 Å². The van der Waals surface area contributed by atoms with E-state index in [1.807, 2.05) is 4.90 Å². The summed E-state index contributed by atoms with van der Waals surface area (Å²) in [5.74, 6) is 0. The van der Waals surface area contributed by atoms with Crippen molar-refractivity contribution in [3.8, 4) is 0 Å². The van der Waals surface area contributed by atoms with E-state index >= 15 is 0 Å². The number of urea groups is 1. The van der Waals surface area contributed by atoms with Crippen LogP contribution in [0.5, 0.6) is 0 Å². The van der Waals surface area contributed by atoms with Crippen molar-refractivity contribution in [1.29, 1.82) is 0 Å². The molecule has 2 amide bonds. The van der Waals surface area contributed by atoms with E-state index in [-0.39, 0.29) is 30.8 Å². The summed E-state index contributed by atoms with van der Waals surface area (Å²) in [6.45, 7) is 3.62. The third-order valence-corrected chi connectivity index (χ3v) is 1.84. The van der Waals surface area contributed by atoms with E-state index < -0.39 is 0 Å². The quantitative estimate of drug-likeness (QED) is 0.635. The molecule has 13 heavy (non-hydrogen) atoms. The van der Waals surface area contributed by atoms with Crippen molar-refractivity contribution in [3.63, 3.8) is 0 Å². The summed E-state index contributed by atoms with van der Waals surface area (Å²) < 4.78 is 0. The summed E-state index contributed by atoms with van der Waals surface area (Å²) in [7, 11) is 1.67. The molecule has 0 aromatic heterocycles. The Morgan fingerprint density at radius 2 is 2.00 bits per heavy atom. The van der Waals surface area contributed by atoms with E-state index in [2.05, 4.69) is 10.6 Å². The molecular weight excluding hydrogens is 213 g/mol. The Kier molecular flexibility index (Phi) is 9.89. The molecule has 0 radical (unpaired) electrons. The van der Waals surface area contributed by atoms with Gasteiger partial charge in [0.2, 0.25) is 0 Å². The fraction of sp³-hybridized carbons (Fsp3) is 0.857. The van der Waals surface area contributed by atoms with Crippen LogP contribution in [-0.2, 0) is 0 Å². The number of nitrogens with one attached hydrogen (secondary N) is 2. The van der Waals surface area contributed by atoms with Crippen molar-refractivity contribution < 1.29 is 4.79 Å². The molecule has 0 aromatic carbocycles. The molecule has 1 saturated heterocycles. The lowest BCUT2D eigenvalue weighted by atomic mass is 10.4. The minimum absolute atomic E-state index is 0. The first kappa shape index (κ1) is 15.3. The summed E-state index contributed by atoms with van der Waals surface area (Å²) in [6.07, 6.45) is 1.05. The molecule has 0 aromatic rings. The van der Waals surface area contributed by atoms with Crippen LogP contribution in [0.2, 0.25) is 0 Å². The highest BCUT2D eigenvalue weighted by Crippen LogP contribution is 1.94. The Morgan fingerprint density at radius 1 is 1.31 bits per heavy atom. The standard InChI is InChI=1S/C7H15N3O.2ClH/c1-8-7(11)10-5-2-3-9-4-6-10;;/h9H,2-6H2,1H3,(H,8,11);2*1H. The number of carbonyl (C=O) groups is 1. The number of halogens is 2. The minimum Gasteiger partial charge on any atom is -0.341 e. The normalized spacial score (nSPS) is 16.2. The van der Waals surface area contributed by atoms with Crippen LogP contribution in [0.25, 0.3) is 0 Å². The number of nitrogens with zero attached hydrogens (tertiary/aromatic N) is 1. The largest absolute Gasteiger partial charge is 0.341 e. The van der Waals surface area contributed by atoms with Crippen LogP contribution >= 0.6 is 24.8 Å². The summed E-state index contributed by atoms with van der Waals surface area (Å²) in [5.41, 5.74) is 0. The summed E-state index contributed by atoms with van der Waals surface area (Å²) in [5, 5.41) is 5.86. The van der Waals surface area contributed by atoms with E-state index in [1.54, 1.807) is 7.05 Å². The molecule has 2 N–H and O–H groups in total. The number of hydrogen-bond acceptors (Lipinski definition) is 2. The molecule has 1 fully saturated rings. The minimum atomic E-state index is 0. The summed E-state index contributed by atoms with van der Waals surface area (Å²) >= 11 is 0. The van der Waals surface area contributed by atoms with Crippen molar-refractivity contribution in [3.05, 3.63) is 0 Å². The Labute approximate surface area is 91.3 Å². The lowest BCUT2D eigenvalue weighted by Gasteiger charge is -2.18. The Bertz CT molecular complexity index is 138. The second kappa shape index (κ2) is 8.41. The third-order valence-electron chi connectivity index (χ3n) is 1.84. The van der Waals surface area contributed by atoms with Gasteiger partial charge in [0.1, 0.15) is 0 Å². The topological polar surface area (TPSA) is 44.4 Å². The molecule has 4 nitrogen and oxygen atoms in total. The lowest BCUT2D eigenvalue weighted by Crippen LogP contribution is -2.40. The van der Waals surface area contributed by atoms with Crippen LogP contribution in [-0.4, -0.2) is 44.2 Å². The average Bonchev–Trinajstić information content (AvgIpc) is 2.30. The van der Waals surface area contributed by atoms with Gasteiger partial charge in [-0.25, -0.2) is 4.79 Å². The number of amides is 2. The van der Waals surface area contributed by atoms with Crippen LogP contribution in [0, 0.1) is 0 Å². The third kappa shape index (κ3) is 5.18. The van der Waals surface area contributed by atoms with E-state index in [4.69, 9.17) is 0 Å². The second-order valence-corrected chi connectivity index (χ2v) is 2.65. The van der Waals surface area contributed by atoms with Crippen LogP contribution in [0.15, 0.2) is 0 Å². The Morgan fingerprint density at radius 3 is 2.62 bits per heavy atom. The fourth-order valence-electron chi connectivity index (χ4n) is 1.21. The zero-order valence-electron chi connectivity index (χ0n) is 7.71. The first-order valence-corrected chi connectivity index (χ1v) is 4.02. The molecule has 0 bridgehead atoms. The highest BCUT2D eigenvalue weighted by Gasteiger charge is 2.12. The first-order chi connectivity index (χ1) is 5.34. The number of hydrogen-bond donors (Lipinski definition) is 2. The van der Waals surface area contributed by atoms with Gasteiger partial charge in [0, 0.05) is 26.7 Å². The highest BCUT2D eigenvalue weighted by molar-refractivity contribution is 5.85. The molecule has 0 aliphatic carbocycles. The van der Waals surface area contributed by atoms with Crippen LogP contribution in [0.3, 0.4) is 0 Å². The van der Waals surface area contributed by atoms with Gasteiger partial charge in [0.15, 0.2) is 0 Å². The van der Waals surface area contributed by atoms with E-state index in [0.29, 0.717) is 0 Å². The van der Waals surface area contributed by atoms with Crippen molar-refractivity contribution in [1.82, 2.24) is 15.5 Å². The molecule has 0 spiro atoms. The SMILES string of the molecule is CNC(=O)N1CCCNCC1.Cl.Cl. The molecule has 1 heterocycles. The van der Waals surface area contributed by atoms with Gasteiger partial charge in [-0.3, -0.25) is 0 Å². The van der Waals surface area contributed by atoms with E-state index in [1.165, 1.54) is 0 Å². The highest BCUT2D eigenvalue weighted by atomic mass is 35.5. The predicted octanol–water partition coefficient (Wildman–Crippen LogP) is 0.465. The molecule has 1 rings (SSSR count). The average molecular weight is 230 g/mol. The lowest BCUT2D eigenvalue weighted by molar-refractivity contribution is 0.203. The van der Waals surface area contributed by atoms with Crippen molar-refractivity contribution >= 4 is 30.8 Å². The van der Waals surface area contributed by atoms with E-state index in [9.17, 15) is 4.79 Å². The maximum Gasteiger partial charge on any atom is 0.317 e. The first-order valence-electron chi connectivity index (χ1n) is 4.02. The van der Waals surface area contributed by atoms with E-state index in [0.717, 1.165) is 32.6 Å². The summed E-state index contributed by atoms with van der Waals surface area (Å²) in [6, 6.07) is 0.0358. The second-order valence-electron chi connectivity index (χ2n) is 2.65. The Hall–Kier alpha value is -0.190. The van der Waals surface area contributed by atoms with Gasteiger partial charge in [-0.15, -0.1) is 24.8 Å². The zero-order chi connectivity index (χ0) is 8.10. The van der Waals surface area contributed by atoms with Crippen molar-refractivity contribution in [2.75, 3.05) is 33.2 Å². The molecule has 6 heteroatoms. The van der Waals surface area contributed by atoms with Gasteiger partial charge >= 0.3 is 6.03 Å². The Balaban J connectivity index is 0. The molecule has 80 valence electrons. The van der Waals surface area contributed by atoms with Gasteiger partial charge in [-0.2, -0.15) is 0 Å². The maximum absolute atomic E-state index is 11.1. The van der Waals surface area contributed by atoms with Gasteiger partial charge in [0.05, 0.1) is 0 Å². The van der Waals surface area contributed by atoms with Gasteiger partial charge in [0.25, 0.3) is 0 Å². The van der Waals surface area contributed by atoms with Gasteiger partial charge in [-0.1, -0.05) is 0 Å². The maximum atomic E-state index is 11.1. The fourth-order valence-corrected chi connectivity index (χ4v) is 1.21. The zero-order valence-corrected chi connectivity index (χ0v) is 9.34. The van der Waals surface area contributed by atoms with Crippen LogP contribution < -0.4 is 10.6 Å². The smallest absolute Gasteiger partial charge is 0.317 e. The predicted molar refractivity (Wildman–Crippen MR) is 58.0 cm³/mol. The number of carbonyl (C=O) groups excluding carboxylic acids is 1. The molecule has 1 aliphatic heterocycles. The molecule has 0 unspecified atom stereocenters. The molecule has 0 saturated carbocycles. The van der Waals surface area contributed by atoms with Crippen molar-refractivity contribution in [2.24, 2.45) is 0 Å². The summed E-state index contributed by atoms with van der Waals surface area (Å²) in [4.78, 5) is 12.9. The molecule has 0 atom stereocenters. The number of rotatable bonds is 0. The molecule has 1 aliphatic rings. The van der Waals surface area contributed by atoms with Gasteiger partial charge in [-0.05, 0) is 13.0 Å². The van der Waals surface area contributed by atoms with Crippen LogP contribution in [0.4, 0.5) is 4.79 Å². The van der Waals surface area contributed by atoms with Crippen LogP contribution in [0.1, 0.15) is 6.42 Å². The molecular formula is C7H17Cl2N3O. The monoisotopic (exact) mass is 229 g/mol.